The Balaban J connectivity index is 1.41. The van der Waals surface area contributed by atoms with Crippen molar-refractivity contribution >= 4 is 17.4 Å². The molecule has 0 saturated heterocycles. The molecule has 0 radical (unpaired) electrons. The lowest BCUT2D eigenvalue weighted by molar-refractivity contribution is -0.121. The van der Waals surface area contributed by atoms with E-state index in [0.29, 0.717) is 18.9 Å². The molecule has 4 rings (SSSR count). The molecular weight excluding hydrogens is 366 g/mol. The van der Waals surface area contributed by atoms with Crippen LogP contribution in [0.4, 0.5) is 11.5 Å². The minimum Gasteiger partial charge on any atom is -0.482 e. The number of ether oxygens (including phenoxy) is 1. The van der Waals surface area contributed by atoms with E-state index in [-0.39, 0.29) is 12.5 Å². The summed E-state index contributed by atoms with van der Waals surface area (Å²) in [5, 5.41) is 3.36. The van der Waals surface area contributed by atoms with Crippen molar-refractivity contribution in [3.8, 4) is 17.3 Å². The summed E-state index contributed by atoms with van der Waals surface area (Å²) in [6, 6.07) is 15.3. The number of benzene rings is 1. The third-order valence-corrected chi connectivity index (χ3v) is 4.71. The second kappa shape index (κ2) is 8.68. The Morgan fingerprint density at radius 2 is 2.00 bits per heavy atom. The van der Waals surface area contributed by atoms with Gasteiger partial charge in [0.05, 0.1) is 5.69 Å². The Morgan fingerprint density at radius 3 is 2.83 bits per heavy atom. The number of pyridine rings is 1. The van der Waals surface area contributed by atoms with Gasteiger partial charge in [-0.15, -0.1) is 0 Å². The van der Waals surface area contributed by atoms with E-state index in [1.807, 2.05) is 48.5 Å². The SMILES string of the molecule is CCc1cc(NCCCN2C(=O)COc3ccccc32)nc(-c2ccccn2)n1. The quantitative estimate of drug-likeness (QED) is 0.625. The summed E-state index contributed by atoms with van der Waals surface area (Å²) >= 11 is 0. The number of anilines is 2. The molecule has 7 heteroatoms. The van der Waals surface area contributed by atoms with Crippen LogP contribution < -0.4 is 15.0 Å². The van der Waals surface area contributed by atoms with Crippen LogP contribution >= 0.6 is 0 Å². The molecule has 1 aliphatic rings. The molecule has 7 nitrogen and oxygen atoms in total. The molecule has 2 aromatic heterocycles. The highest BCUT2D eigenvalue weighted by atomic mass is 16.5. The van der Waals surface area contributed by atoms with Crippen molar-refractivity contribution in [2.75, 3.05) is 29.9 Å². The van der Waals surface area contributed by atoms with Crippen LogP contribution in [0, 0.1) is 0 Å². The molecule has 1 aliphatic heterocycles. The maximum absolute atomic E-state index is 12.3. The minimum atomic E-state index is -0.0172. The third-order valence-electron chi connectivity index (χ3n) is 4.71. The summed E-state index contributed by atoms with van der Waals surface area (Å²) in [5.74, 6) is 2.12. The van der Waals surface area contributed by atoms with Gasteiger partial charge in [-0.3, -0.25) is 9.78 Å². The first-order valence-electron chi connectivity index (χ1n) is 9.80. The lowest BCUT2D eigenvalue weighted by Gasteiger charge is -2.29. The number of aryl methyl sites for hydroxylation is 1. The van der Waals surface area contributed by atoms with Gasteiger partial charge in [0.15, 0.2) is 12.4 Å². The van der Waals surface area contributed by atoms with Gasteiger partial charge in [-0.2, -0.15) is 0 Å². The number of para-hydroxylation sites is 2. The van der Waals surface area contributed by atoms with Crippen LogP contribution in [0.2, 0.25) is 0 Å². The van der Waals surface area contributed by atoms with Crippen molar-refractivity contribution < 1.29 is 9.53 Å². The average Bonchev–Trinajstić information content (AvgIpc) is 2.78. The molecule has 1 aromatic carbocycles. The maximum atomic E-state index is 12.3. The number of carbonyl (C=O) groups excluding carboxylic acids is 1. The number of aromatic nitrogens is 3. The number of rotatable bonds is 7. The summed E-state index contributed by atoms with van der Waals surface area (Å²) in [4.78, 5) is 27.6. The fourth-order valence-electron chi connectivity index (χ4n) is 3.23. The highest BCUT2D eigenvalue weighted by Crippen LogP contribution is 2.31. The summed E-state index contributed by atoms with van der Waals surface area (Å²) in [7, 11) is 0. The van der Waals surface area contributed by atoms with Gasteiger partial charge < -0.3 is 15.0 Å². The Bertz CT molecular complexity index is 994. The molecule has 29 heavy (non-hydrogen) atoms. The zero-order valence-corrected chi connectivity index (χ0v) is 16.3. The maximum Gasteiger partial charge on any atom is 0.265 e. The van der Waals surface area contributed by atoms with Crippen LogP contribution in [-0.4, -0.2) is 40.6 Å². The fraction of sp³-hybridized carbons (Fsp3) is 0.273. The number of carbonyl (C=O) groups is 1. The molecule has 0 aliphatic carbocycles. The molecule has 0 fully saturated rings. The van der Waals surface area contributed by atoms with E-state index >= 15 is 0 Å². The monoisotopic (exact) mass is 389 g/mol. The molecule has 3 heterocycles. The van der Waals surface area contributed by atoms with Gasteiger partial charge >= 0.3 is 0 Å². The van der Waals surface area contributed by atoms with Gasteiger partial charge in [-0.05, 0) is 37.1 Å². The highest BCUT2D eigenvalue weighted by Gasteiger charge is 2.24. The Morgan fingerprint density at radius 1 is 1.14 bits per heavy atom. The minimum absolute atomic E-state index is 0.0172. The number of hydrogen-bond acceptors (Lipinski definition) is 6. The molecule has 0 saturated carbocycles. The number of amides is 1. The molecule has 0 bridgehead atoms. The van der Waals surface area contributed by atoms with Crippen molar-refractivity contribution in [2.45, 2.75) is 19.8 Å². The standard InChI is InChI=1S/C22H23N5O2/c1-2-16-14-20(26-22(25-16)17-8-5-6-11-23-17)24-12-7-13-27-18-9-3-4-10-19(18)29-15-21(27)28/h3-6,8-11,14H,2,7,12-13,15H2,1H3,(H,24,25,26). The van der Waals surface area contributed by atoms with Gasteiger partial charge in [-0.1, -0.05) is 25.1 Å². The first kappa shape index (κ1) is 18.9. The third kappa shape index (κ3) is 4.34. The first-order chi connectivity index (χ1) is 14.2. The van der Waals surface area contributed by atoms with E-state index in [2.05, 4.69) is 27.2 Å². The summed E-state index contributed by atoms with van der Waals surface area (Å²) < 4.78 is 5.49. The van der Waals surface area contributed by atoms with Gasteiger partial charge in [0.2, 0.25) is 0 Å². The fourth-order valence-corrected chi connectivity index (χ4v) is 3.23. The summed E-state index contributed by atoms with van der Waals surface area (Å²) in [5.41, 5.74) is 2.54. The molecule has 1 amide bonds. The molecule has 0 atom stereocenters. The second-order valence-corrected chi connectivity index (χ2v) is 6.72. The predicted octanol–water partition coefficient (Wildman–Crippen LogP) is 3.33. The molecule has 0 spiro atoms. The van der Waals surface area contributed by atoms with Crippen LogP contribution in [0.3, 0.4) is 0 Å². The van der Waals surface area contributed by atoms with Crippen molar-refractivity contribution in [1.29, 1.82) is 0 Å². The number of hydrogen-bond donors (Lipinski definition) is 1. The predicted molar refractivity (Wildman–Crippen MR) is 112 cm³/mol. The van der Waals surface area contributed by atoms with Gasteiger partial charge in [0, 0.05) is 31.0 Å². The summed E-state index contributed by atoms with van der Waals surface area (Å²) in [6.45, 7) is 3.46. The van der Waals surface area contributed by atoms with Crippen molar-refractivity contribution in [3.05, 3.63) is 60.4 Å². The van der Waals surface area contributed by atoms with Crippen LogP contribution in [0.5, 0.6) is 5.75 Å². The number of fused-ring (bicyclic) bond motifs is 1. The summed E-state index contributed by atoms with van der Waals surface area (Å²) in [6.07, 6.45) is 3.34. The number of nitrogens with one attached hydrogen (secondary N) is 1. The van der Waals surface area contributed by atoms with Crippen LogP contribution in [0.15, 0.2) is 54.7 Å². The van der Waals surface area contributed by atoms with E-state index in [0.717, 1.165) is 41.5 Å². The van der Waals surface area contributed by atoms with E-state index in [1.165, 1.54) is 0 Å². The van der Waals surface area contributed by atoms with E-state index in [9.17, 15) is 4.79 Å². The molecule has 1 N–H and O–H groups in total. The zero-order chi connectivity index (χ0) is 20.1. The van der Waals surface area contributed by atoms with E-state index in [4.69, 9.17) is 4.74 Å². The number of nitrogens with zero attached hydrogens (tertiary/aromatic N) is 4. The lowest BCUT2D eigenvalue weighted by Crippen LogP contribution is -2.39. The van der Waals surface area contributed by atoms with Gasteiger partial charge in [-0.25, -0.2) is 9.97 Å². The Hall–Kier alpha value is -3.48. The van der Waals surface area contributed by atoms with Crippen molar-refractivity contribution in [3.63, 3.8) is 0 Å². The molecular formula is C22H23N5O2. The van der Waals surface area contributed by atoms with Crippen LogP contribution in [0.25, 0.3) is 11.5 Å². The van der Waals surface area contributed by atoms with Gasteiger partial charge in [0.1, 0.15) is 17.3 Å². The molecule has 148 valence electrons. The Labute approximate surface area is 169 Å². The average molecular weight is 389 g/mol. The van der Waals surface area contributed by atoms with Crippen molar-refractivity contribution in [2.24, 2.45) is 0 Å². The Kier molecular flexibility index (Phi) is 5.65. The molecule has 3 aromatic rings. The normalized spacial score (nSPS) is 13.0. The van der Waals surface area contributed by atoms with Gasteiger partial charge in [0.25, 0.3) is 5.91 Å². The molecule has 0 unspecified atom stereocenters. The largest absolute Gasteiger partial charge is 0.482 e. The van der Waals surface area contributed by atoms with Crippen LogP contribution in [-0.2, 0) is 11.2 Å². The van der Waals surface area contributed by atoms with Crippen LogP contribution in [0.1, 0.15) is 19.0 Å². The lowest BCUT2D eigenvalue weighted by atomic mass is 10.2. The first-order valence-corrected chi connectivity index (χ1v) is 9.80. The topological polar surface area (TPSA) is 80.2 Å². The smallest absolute Gasteiger partial charge is 0.265 e. The van der Waals surface area contributed by atoms with E-state index < -0.39 is 0 Å². The van der Waals surface area contributed by atoms with Crippen molar-refractivity contribution in [1.82, 2.24) is 15.0 Å². The second-order valence-electron chi connectivity index (χ2n) is 6.72. The van der Waals surface area contributed by atoms with E-state index in [1.54, 1.807) is 11.1 Å². The highest BCUT2D eigenvalue weighted by molar-refractivity contribution is 5.97. The zero-order valence-electron chi connectivity index (χ0n) is 16.3.